The summed E-state index contributed by atoms with van der Waals surface area (Å²) >= 11 is 1.26. The molecule has 190 valence electrons. The van der Waals surface area contributed by atoms with Crippen LogP contribution in [0.15, 0.2) is 60.9 Å². The molecule has 0 bridgehead atoms. The topological polar surface area (TPSA) is 123 Å². The van der Waals surface area contributed by atoms with Crippen molar-refractivity contribution in [2.45, 2.75) is 13.1 Å². The minimum Gasteiger partial charge on any atom is -0.475 e. The van der Waals surface area contributed by atoms with Gasteiger partial charge in [0.15, 0.2) is 16.6 Å². The maximum Gasteiger partial charge on any atom is 0.490 e. The maximum absolute atomic E-state index is 13.3. The minimum atomic E-state index is -5.08. The van der Waals surface area contributed by atoms with E-state index >= 15 is 0 Å². The molecule has 0 spiro atoms. The number of carbonyl (C=O) groups is 1. The van der Waals surface area contributed by atoms with E-state index in [-0.39, 0.29) is 5.82 Å². The lowest BCUT2D eigenvalue weighted by Gasteiger charge is -2.10. The third-order valence-electron chi connectivity index (χ3n) is 4.41. The summed E-state index contributed by atoms with van der Waals surface area (Å²) in [6.07, 6.45) is -1.79. The van der Waals surface area contributed by atoms with Crippen molar-refractivity contribution >= 4 is 28.5 Å². The van der Waals surface area contributed by atoms with Gasteiger partial charge in [0.2, 0.25) is 0 Å². The fourth-order valence-electron chi connectivity index (χ4n) is 2.86. The Morgan fingerprint density at radius 2 is 1.76 bits per heavy atom. The number of benzene rings is 2. The predicted molar refractivity (Wildman–Crippen MR) is 124 cm³/mol. The molecule has 0 atom stereocenters. The molecule has 0 radical (unpaired) electrons. The highest BCUT2D eigenvalue weighted by atomic mass is 32.1. The highest BCUT2D eigenvalue weighted by Crippen LogP contribution is 2.36. The number of carboxylic acids is 1. The summed E-state index contributed by atoms with van der Waals surface area (Å²) in [6, 6.07) is 12.9. The average Bonchev–Trinajstić information content (AvgIpc) is 3.47. The van der Waals surface area contributed by atoms with Gasteiger partial charge in [-0.1, -0.05) is 0 Å². The average molecular weight is 533 g/mol. The molecule has 2 N–H and O–H groups in total. The fourth-order valence-corrected chi connectivity index (χ4v) is 3.48. The highest BCUT2D eigenvalue weighted by Gasteiger charge is 2.38. The Kier molecular flexibility index (Phi) is 7.29. The van der Waals surface area contributed by atoms with Crippen LogP contribution >= 0.6 is 11.5 Å². The molecular formula is C23H15F4N5O4S. The van der Waals surface area contributed by atoms with Crippen molar-refractivity contribution in [1.82, 2.24) is 24.3 Å². The molecule has 0 amide bonds. The van der Waals surface area contributed by atoms with E-state index in [0.717, 1.165) is 0 Å². The lowest BCUT2D eigenvalue weighted by Crippen LogP contribution is -2.21. The van der Waals surface area contributed by atoms with E-state index in [0.29, 0.717) is 50.7 Å². The van der Waals surface area contributed by atoms with E-state index in [1.165, 1.54) is 23.7 Å². The van der Waals surface area contributed by atoms with E-state index in [1.807, 2.05) is 13.0 Å². The number of hydrogen-bond donors (Lipinski definition) is 2. The van der Waals surface area contributed by atoms with Gasteiger partial charge >= 0.3 is 12.1 Å². The van der Waals surface area contributed by atoms with Crippen molar-refractivity contribution in [2.75, 3.05) is 0 Å². The summed E-state index contributed by atoms with van der Waals surface area (Å²) in [5.74, 6) is 0.230. The molecular weight excluding hydrogens is 518 g/mol. The molecule has 0 unspecified atom stereocenters. The molecule has 9 nitrogen and oxygen atoms in total. The van der Waals surface area contributed by atoms with Gasteiger partial charge in [-0.2, -0.15) is 17.5 Å². The van der Waals surface area contributed by atoms with E-state index in [9.17, 15) is 17.6 Å². The summed E-state index contributed by atoms with van der Waals surface area (Å²) in [6.45, 7) is 1.82. The number of carboxylic acid groups (broad SMARTS) is 1. The zero-order valence-electron chi connectivity index (χ0n) is 18.7. The number of H-pyrrole nitrogens is 1. The molecule has 5 aromatic rings. The van der Waals surface area contributed by atoms with Gasteiger partial charge in [0.05, 0.1) is 11.7 Å². The molecule has 37 heavy (non-hydrogen) atoms. The molecule has 5 rings (SSSR count). The Morgan fingerprint density at radius 1 is 1.03 bits per heavy atom. The van der Waals surface area contributed by atoms with Crippen LogP contribution in [-0.4, -0.2) is 41.6 Å². The number of ether oxygens (including phenoxy) is 2. The summed E-state index contributed by atoms with van der Waals surface area (Å²) in [5, 5.41) is 7.80. The Bertz CT molecular complexity index is 1520. The first-order chi connectivity index (χ1) is 17.6. The van der Waals surface area contributed by atoms with Crippen LogP contribution in [0.5, 0.6) is 23.0 Å². The Hall–Kier alpha value is -4.59. The number of aryl methyl sites for hydroxylation is 1. The molecule has 14 heteroatoms. The van der Waals surface area contributed by atoms with Gasteiger partial charge < -0.3 is 19.6 Å². The molecule has 0 aliphatic carbocycles. The summed E-state index contributed by atoms with van der Waals surface area (Å²) in [4.78, 5) is 25.2. The van der Waals surface area contributed by atoms with Gasteiger partial charge in [-0.15, -0.1) is 0 Å². The number of pyridine rings is 1. The van der Waals surface area contributed by atoms with Crippen LogP contribution in [0.2, 0.25) is 0 Å². The first-order valence-electron chi connectivity index (χ1n) is 10.2. The number of aromatic amines is 1. The third-order valence-corrected chi connectivity index (χ3v) is 5.22. The second kappa shape index (κ2) is 10.6. The number of aliphatic carboxylic acids is 1. The molecule has 0 saturated heterocycles. The van der Waals surface area contributed by atoms with Gasteiger partial charge in [0, 0.05) is 18.3 Å². The zero-order valence-corrected chi connectivity index (χ0v) is 19.5. The highest BCUT2D eigenvalue weighted by molar-refractivity contribution is 7.09. The number of fused-ring (bicyclic) bond motifs is 1. The normalized spacial score (nSPS) is 11.1. The smallest absolute Gasteiger partial charge is 0.475 e. The van der Waals surface area contributed by atoms with Crippen LogP contribution in [0.1, 0.15) is 5.82 Å². The first-order valence-corrected chi connectivity index (χ1v) is 11.0. The largest absolute Gasteiger partial charge is 0.490 e. The molecule has 3 aromatic heterocycles. The quantitative estimate of drug-likeness (QED) is 0.258. The standard InChI is InChI=1S/C21H14FN5O2S.C2HF3O2/c1-12-24-21(30-27-12)20-25-17-9-16(28-15-3-2-8-23-11-15)10-18(19(17)26-20)29-14-6-4-13(22)5-7-14;3-2(4,5)1(6)7/h2-11H,1H3,(H,25,26);(H,6,7). The van der Waals surface area contributed by atoms with E-state index in [2.05, 4.69) is 24.3 Å². The molecule has 0 aliphatic rings. The number of nitrogens with zero attached hydrogens (tertiary/aromatic N) is 4. The van der Waals surface area contributed by atoms with Gasteiger partial charge in [-0.25, -0.2) is 19.2 Å². The molecule has 0 aliphatic heterocycles. The van der Waals surface area contributed by atoms with Crippen LogP contribution < -0.4 is 9.47 Å². The van der Waals surface area contributed by atoms with Crippen molar-refractivity contribution in [3.8, 4) is 33.8 Å². The number of imidazole rings is 1. The first kappa shape index (κ1) is 25.5. The summed E-state index contributed by atoms with van der Waals surface area (Å²) in [7, 11) is 0. The monoisotopic (exact) mass is 533 g/mol. The van der Waals surface area contributed by atoms with Crippen molar-refractivity contribution < 1.29 is 36.9 Å². The maximum atomic E-state index is 13.3. The van der Waals surface area contributed by atoms with Crippen molar-refractivity contribution in [2.24, 2.45) is 0 Å². The number of aromatic nitrogens is 5. The third kappa shape index (κ3) is 6.55. The van der Waals surface area contributed by atoms with Gasteiger partial charge in [-0.05, 0) is 54.9 Å². The van der Waals surface area contributed by atoms with Crippen LogP contribution in [-0.2, 0) is 4.79 Å². The van der Waals surface area contributed by atoms with Crippen molar-refractivity contribution in [3.63, 3.8) is 0 Å². The second-order valence-electron chi connectivity index (χ2n) is 7.20. The Morgan fingerprint density at radius 3 is 2.35 bits per heavy atom. The zero-order chi connectivity index (χ0) is 26.6. The van der Waals surface area contributed by atoms with E-state index in [4.69, 9.17) is 19.4 Å². The van der Waals surface area contributed by atoms with Gasteiger partial charge in [-0.3, -0.25) is 4.98 Å². The van der Waals surface area contributed by atoms with Gasteiger partial charge in [0.1, 0.15) is 34.4 Å². The number of hydrogen-bond acceptors (Lipinski definition) is 8. The van der Waals surface area contributed by atoms with Gasteiger partial charge in [0.25, 0.3) is 0 Å². The lowest BCUT2D eigenvalue weighted by atomic mass is 10.2. The lowest BCUT2D eigenvalue weighted by molar-refractivity contribution is -0.192. The predicted octanol–water partition coefficient (Wildman–Crippen LogP) is 6.14. The van der Waals surface area contributed by atoms with Crippen LogP contribution in [0.3, 0.4) is 0 Å². The summed E-state index contributed by atoms with van der Waals surface area (Å²) < 4.78 is 61.1. The fraction of sp³-hybridized carbons (Fsp3) is 0.0870. The van der Waals surface area contributed by atoms with Crippen molar-refractivity contribution in [1.29, 1.82) is 0 Å². The van der Waals surface area contributed by atoms with Crippen LogP contribution in [0.4, 0.5) is 17.6 Å². The Labute approximate surface area is 209 Å². The Balaban J connectivity index is 0.000000405. The number of halogens is 4. The van der Waals surface area contributed by atoms with E-state index in [1.54, 1.807) is 42.7 Å². The number of alkyl halides is 3. The molecule has 2 aromatic carbocycles. The van der Waals surface area contributed by atoms with Crippen LogP contribution in [0.25, 0.3) is 21.9 Å². The van der Waals surface area contributed by atoms with Crippen LogP contribution in [0, 0.1) is 12.7 Å². The number of rotatable bonds is 5. The SMILES string of the molecule is Cc1nsc(-c2nc3c(Oc4ccc(F)cc4)cc(Oc4cccnc4)cc3[nH]2)n1.O=C(O)C(F)(F)F. The summed E-state index contributed by atoms with van der Waals surface area (Å²) in [5.41, 5.74) is 1.30. The van der Waals surface area contributed by atoms with Crippen molar-refractivity contribution in [3.05, 3.63) is 72.6 Å². The second-order valence-corrected chi connectivity index (χ2v) is 7.95. The minimum absolute atomic E-state index is 0.338. The number of nitrogens with one attached hydrogen (secondary N) is 1. The van der Waals surface area contributed by atoms with E-state index < -0.39 is 12.1 Å². The molecule has 0 fully saturated rings. The molecule has 0 saturated carbocycles. The molecule has 3 heterocycles.